The Morgan fingerprint density at radius 1 is 0.938 bits per heavy atom. The van der Waals surface area contributed by atoms with Gasteiger partial charge in [0.25, 0.3) is 0 Å². The van der Waals surface area contributed by atoms with Crippen LogP contribution < -0.4 is 5.11 Å². The summed E-state index contributed by atoms with van der Waals surface area (Å²) in [6, 6.07) is 0. The number of carboxylic acid groups (broad SMARTS) is 1. The van der Waals surface area contributed by atoms with Gasteiger partial charge in [0.15, 0.2) is 0 Å². The Morgan fingerprint density at radius 3 is 2.06 bits per heavy atom. The maximum Gasteiger partial charge on any atom is 0.0466 e. The summed E-state index contributed by atoms with van der Waals surface area (Å²) in [5.41, 5.74) is 0. The highest BCUT2D eigenvalue weighted by Crippen LogP contribution is 2.08. The minimum absolute atomic E-state index is 0.213. The van der Waals surface area contributed by atoms with E-state index in [-0.39, 0.29) is 6.42 Å². The van der Waals surface area contributed by atoms with Gasteiger partial charge >= 0.3 is 0 Å². The smallest absolute Gasteiger partial charge is 0.0466 e. The van der Waals surface area contributed by atoms with E-state index in [2.05, 4.69) is 6.92 Å². The van der Waals surface area contributed by atoms with Gasteiger partial charge in [-0.3, -0.25) is 0 Å². The van der Waals surface area contributed by atoms with E-state index in [9.17, 15) is 9.90 Å². The van der Waals surface area contributed by atoms with Crippen molar-refractivity contribution in [2.45, 2.75) is 64.7 Å². The first-order valence-corrected chi connectivity index (χ1v) is 6.55. The van der Waals surface area contributed by atoms with Crippen LogP contribution in [0, 0.1) is 0 Å². The third kappa shape index (κ3) is 13.4. The van der Waals surface area contributed by atoms with E-state index in [4.69, 9.17) is 4.74 Å². The largest absolute Gasteiger partial charge is 0.550 e. The molecule has 3 heteroatoms. The molecule has 0 radical (unpaired) electrons. The first-order valence-electron chi connectivity index (χ1n) is 6.55. The standard InChI is InChI=1S/C13H26O3/c1-2-11-16-12-9-7-5-3-4-6-8-10-13(14)15/h2-12H2,1H3,(H,14,15)/p-1. The molecule has 0 aliphatic rings. The van der Waals surface area contributed by atoms with Gasteiger partial charge in [-0.15, -0.1) is 0 Å². The predicted molar refractivity (Wildman–Crippen MR) is 63.1 cm³/mol. The zero-order valence-electron chi connectivity index (χ0n) is 10.5. The fraction of sp³-hybridized carbons (Fsp3) is 0.923. The summed E-state index contributed by atoms with van der Waals surface area (Å²) in [5, 5.41) is 10.1. The summed E-state index contributed by atoms with van der Waals surface area (Å²) in [6.45, 7) is 3.88. The van der Waals surface area contributed by atoms with Crippen LogP contribution in [0.3, 0.4) is 0 Å². The molecule has 0 aromatic carbocycles. The van der Waals surface area contributed by atoms with Gasteiger partial charge in [0, 0.05) is 19.2 Å². The highest BCUT2D eigenvalue weighted by atomic mass is 16.5. The molecule has 16 heavy (non-hydrogen) atoms. The molecule has 96 valence electrons. The molecule has 0 saturated carbocycles. The average molecular weight is 229 g/mol. The lowest BCUT2D eigenvalue weighted by atomic mass is 10.1. The lowest BCUT2D eigenvalue weighted by Crippen LogP contribution is -2.21. The van der Waals surface area contributed by atoms with Gasteiger partial charge < -0.3 is 14.6 Å². The van der Waals surface area contributed by atoms with Crippen LogP contribution in [0.25, 0.3) is 0 Å². The molecule has 0 atom stereocenters. The number of hydrogen-bond donors (Lipinski definition) is 0. The molecule has 0 bridgehead atoms. The van der Waals surface area contributed by atoms with Crippen LogP contribution in [0.4, 0.5) is 0 Å². The highest BCUT2D eigenvalue weighted by Gasteiger charge is 1.93. The summed E-state index contributed by atoms with van der Waals surface area (Å²) in [5.74, 6) is -0.923. The number of hydrogen-bond acceptors (Lipinski definition) is 3. The molecule has 0 aliphatic heterocycles. The zero-order valence-corrected chi connectivity index (χ0v) is 10.5. The number of rotatable bonds is 12. The molecule has 0 fully saturated rings. The molecular weight excluding hydrogens is 204 g/mol. The number of unbranched alkanes of at least 4 members (excludes halogenated alkanes) is 6. The number of ether oxygens (including phenoxy) is 1. The van der Waals surface area contributed by atoms with Crippen molar-refractivity contribution in [2.75, 3.05) is 13.2 Å². The van der Waals surface area contributed by atoms with Gasteiger partial charge in [0.1, 0.15) is 0 Å². The van der Waals surface area contributed by atoms with E-state index in [1.165, 1.54) is 19.3 Å². The topological polar surface area (TPSA) is 49.4 Å². The van der Waals surface area contributed by atoms with Crippen molar-refractivity contribution >= 4 is 5.97 Å². The Hall–Kier alpha value is -0.570. The predicted octanol–water partition coefficient (Wildman–Crippen LogP) is 2.28. The van der Waals surface area contributed by atoms with Crippen molar-refractivity contribution in [2.24, 2.45) is 0 Å². The van der Waals surface area contributed by atoms with Crippen LogP contribution >= 0.6 is 0 Å². The first kappa shape index (κ1) is 15.4. The minimum Gasteiger partial charge on any atom is -0.550 e. The van der Waals surface area contributed by atoms with Crippen LogP contribution in [0.5, 0.6) is 0 Å². The number of carbonyl (C=O) groups is 1. The van der Waals surface area contributed by atoms with Crippen molar-refractivity contribution in [3.63, 3.8) is 0 Å². The van der Waals surface area contributed by atoms with Gasteiger partial charge in [0.2, 0.25) is 0 Å². The van der Waals surface area contributed by atoms with Gasteiger partial charge in [0.05, 0.1) is 0 Å². The van der Waals surface area contributed by atoms with E-state index in [0.717, 1.165) is 45.3 Å². The molecule has 0 heterocycles. The van der Waals surface area contributed by atoms with Crippen molar-refractivity contribution in [3.05, 3.63) is 0 Å². The molecule has 0 aliphatic carbocycles. The molecule has 0 aromatic rings. The van der Waals surface area contributed by atoms with Gasteiger partial charge in [-0.05, 0) is 25.7 Å². The molecule has 0 spiro atoms. The summed E-state index contributed by atoms with van der Waals surface area (Å²) >= 11 is 0. The Balaban J connectivity index is 2.90. The molecule has 0 aromatic heterocycles. The van der Waals surface area contributed by atoms with Crippen LogP contribution in [-0.2, 0) is 9.53 Å². The van der Waals surface area contributed by atoms with E-state index in [1.807, 2.05) is 0 Å². The van der Waals surface area contributed by atoms with Crippen molar-refractivity contribution < 1.29 is 14.6 Å². The van der Waals surface area contributed by atoms with Crippen LogP contribution in [0.2, 0.25) is 0 Å². The zero-order chi connectivity index (χ0) is 12.1. The van der Waals surface area contributed by atoms with E-state index >= 15 is 0 Å². The van der Waals surface area contributed by atoms with E-state index in [1.54, 1.807) is 0 Å². The van der Waals surface area contributed by atoms with E-state index in [0.29, 0.717) is 0 Å². The molecule has 0 saturated heterocycles. The van der Waals surface area contributed by atoms with Gasteiger partial charge in [-0.25, -0.2) is 0 Å². The monoisotopic (exact) mass is 229 g/mol. The summed E-state index contributed by atoms with van der Waals surface area (Å²) in [6.07, 6.45) is 9.06. The molecule has 0 N–H and O–H groups in total. The molecule has 0 rings (SSSR count). The third-order valence-corrected chi connectivity index (χ3v) is 2.52. The fourth-order valence-corrected chi connectivity index (χ4v) is 1.60. The van der Waals surface area contributed by atoms with Crippen molar-refractivity contribution in [3.8, 4) is 0 Å². The van der Waals surface area contributed by atoms with E-state index < -0.39 is 5.97 Å². The quantitative estimate of drug-likeness (QED) is 0.482. The number of carbonyl (C=O) groups excluding carboxylic acids is 1. The van der Waals surface area contributed by atoms with Gasteiger partial charge in [-0.2, -0.15) is 0 Å². The lowest BCUT2D eigenvalue weighted by Gasteiger charge is -2.03. The first-order chi connectivity index (χ1) is 7.77. The Labute approximate surface area is 99.2 Å². The number of carboxylic acids is 1. The van der Waals surface area contributed by atoms with Crippen LogP contribution in [-0.4, -0.2) is 19.2 Å². The summed E-state index contributed by atoms with van der Waals surface area (Å²) in [4.78, 5) is 10.1. The third-order valence-electron chi connectivity index (χ3n) is 2.52. The average Bonchev–Trinajstić information content (AvgIpc) is 2.25. The summed E-state index contributed by atoms with van der Waals surface area (Å²) < 4.78 is 5.38. The second-order valence-corrected chi connectivity index (χ2v) is 4.21. The normalized spacial score (nSPS) is 10.6. The minimum atomic E-state index is -0.923. The molecule has 3 nitrogen and oxygen atoms in total. The Morgan fingerprint density at radius 2 is 1.50 bits per heavy atom. The Kier molecular flexibility index (Phi) is 12.1. The van der Waals surface area contributed by atoms with Gasteiger partial charge in [-0.1, -0.05) is 39.0 Å². The second-order valence-electron chi connectivity index (χ2n) is 4.21. The van der Waals surface area contributed by atoms with Crippen molar-refractivity contribution in [1.29, 1.82) is 0 Å². The fourth-order valence-electron chi connectivity index (χ4n) is 1.60. The second kappa shape index (κ2) is 12.5. The highest BCUT2D eigenvalue weighted by molar-refractivity contribution is 5.63. The number of aliphatic carboxylic acids is 1. The molecule has 0 amide bonds. The maximum absolute atomic E-state index is 10.1. The van der Waals surface area contributed by atoms with Crippen molar-refractivity contribution in [1.82, 2.24) is 0 Å². The van der Waals surface area contributed by atoms with Crippen LogP contribution in [0.15, 0.2) is 0 Å². The lowest BCUT2D eigenvalue weighted by molar-refractivity contribution is -0.305. The molecular formula is C13H25O3-. The summed E-state index contributed by atoms with van der Waals surface area (Å²) in [7, 11) is 0. The SMILES string of the molecule is CCCOCCCCCCCCCC(=O)[O-]. The Bertz CT molecular complexity index is 157. The maximum atomic E-state index is 10.1. The molecule has 0 unspecified atom stereocenters. The van der Waals surface area contributed by atoms with Crippen LogP contribution in [0.1, 0.15) is 64.7 Å².